The summed E-state index contributed by atoms with van der Waals surface area (Å²) in [6, 6.07) is 4.20. The van der Waals surface area contributed by atoms with E-state index in [4.69, 9.17) is 11.5 Å². The van der Waals surface area contributed by atoms with Gasteiger partial charge in [-0.1, -0.05) is 44.2 Å². The summed E-state index contributed by atoms with van der Waals surface area (Å²) in [5.74, 6) is -3.48. The third-order valence-electron chi connectivity index (χ3n) is 5.56. The smallest absolute Gasteiger partial charge is 0.326 e. The maximum atomic E-state index is 13.0. The number of carboxylic acid groups (broad SMARTS) is 1. The van der Waals surface area contributed by atoms with Gasteiger partial charge >= 0.3 is 5.97 Å². The minimum absolute atomic E-state index is 0.0211. The maximum Gasteiger partial charge on any atom is 0.326 e. The Hall–Kier alpha value is -3.02. The first-order valence-corrected chi connectivity index (χ1v) is 11.8. The van der Waals surface area contributed by atoms with Crippen molar-refractivity contribution in [2.24, 2.45) is 17.4 Å². The molecule has 196 valence electrons. The zero-order valence-electron chi connectivity index (χ0n) is 20.6. The monoisotopic (exact) mass is 493 g/mol. The van der Waals surface area contributed by atoms with E-state index in [9.17, 15) is 29.4 Å². The third-order valence-corrected chi connectivity index (χ3v) is 5.56. The summed E-state index contributed by atoms with van der Waals surface area (Å²) in [7, 11) is 0. The highest BCUT2D eigenvalue weighted by Gasteiger charge is 2.32. The fourth-order valence-corrected chi connectivity index (χ4v) is 3.30. The van der Waals surface area contributed by atoms with Crippen molar-refractivity contribution in [3.63, 3.8) is 0 Å². The Labute approximate surface area is 206 Å². The van der Waals surface area contributed by atoms with Crippen LogP contribution in [0.15, 0.2) is 30.3 Å². The SMILES string of the molecule is CC(C)C(N)C(=O)NC(CCCCN)C(=O)NC(C(=O)NC(Cc1ccccc1)C(=O)O)C(C)O. The quantitative estimate of drug-likeness (QED) is 0.155. The number of nitrogens with one attached hydrogen (secondary N) is 3. The average molecular weight is 494 g/mol. The first-order chi connectivity index (χ1) is 16.5. The molecule has 5 atom stereocenters. The van der Waals surface area contributed by atoms with E-state index >= 15 is 0 Å². The van der Waals surface area contributed by atoms with E-state index in [1.54, 1.807) is 44.2 Å². The van der Waals surface area contributed by atoms with Gasteiger partial charge in [0.1, 0.15) is 18.1 Å². The number of aliphatic carboxylic acids is 1. The van der Waals surface area contributed by atoms with Crippen LogP contribution in [0.2, 0.25) is 0 Å². The lowest BCUT2D eigenvalue weighted by atomic mass is 10.0. The van der Waals surface area contributed by atoms with Crippen molar-refractivity contribution in [3.8, 4) is 0 Å². The first-order valence-electron chi connectivity index (χ1n) is 11.8. The first kappa shape index (κ1) is 30.0. The second kappa shape index (κ2) is 15.1. The molecule has 0 fully saturated rings. The van der Waals surface area contributed by atoms with Crippen LogP contribution in [-0.4, -0.2) is 70.7 Å². The number of nitrogens with two attached hydrogens (primary N) is 2. The normalized spacial score (nSPS) is 15.4. The van der Waals surface area contributed by atoms with E-state index in [2.05, 4.69) is 16.0 Å². The number of aliphatic hydroxyl groups is 1. The zero-order chi connectivity index (χ0) is 26.5. The molecular weight excluding hydrogens is 454 g/mol. The summed E-state index contributed by atoms with van der Waals surface area (Å²) in [6.45, 7) is 5.25. The van der Waals surface area contributed by atoms with Crippen LogP contribution in [0.25, 0.3) is 0 Å². The molecule has 9 N–H and O–H groups in total. The van der Waals surface area contributed by atoms with Crippen molar-refractivity contribution < 1.29 is 29.4 Å². The number of benzene rings is 1. The molecule has 1 aromatic carbocycles. The van der Waals surface area contributed by atoms with Gasteiger partial charge in [0, 0.05) is 6.42 Å². The Bertz CT molecular complexity index is 833. The molecule has 1 rings (SSSR count). The fraction of sp³-hybridized carbons (Fsp3) is 0.583. The van der Waals surface area contributed by atoms with Crippen molar-refractivity contribution >= 4 is 23.7 Å². The van der Waals surface area contributed by atoms with Crippen molar-refractivity contribution in [3.05, 3.63) is 35.9 Å². The molecule has 0 bridgehead atoms. The molecule has 0 radical (unpaired) electrons. The van der Waals surface area contributed by atoms with Crippen molar-refractivity contribution in [2.75, 3.05) is 6.54 Å². The second-order valence-corrected chi connectivity index (χ2v) is 8.93. The number of hydrogen-bond acceptors (Lipinski definition) is 7. The van der Waals surface area contributed by atoms with E-state index in [1.165, 1.54) is 6.92 Å². The highest BCUT2D eigenvalue weighted by Crippen LogP contribution is 2.07. The van der Waals surface area contributed by atoms with Gasteiger partial charge in [0.25, 0.3) is 0 Å². The topological polar surface area (TPSA) is 197 Å². The molecule has 0 aliphatic carbocycles. The Kier molecular flexibility index (Phi) is 12.9. The van der Waals surface area contributed by atoms with Gasteiger partial charge in [0.2, 0.25) is 17.7 Å². The van der Waals surface area contributed by atoms with Gasteiger partial charge in [-0.15, -0.1) is 0 Å². The lowest BCUT2D eigenvalue weighted by Gasteiger charge is -2.27. The Morgan fingerprint density at radius 1 is 0.886 bits per heavy atom. The van der Waals surface area contributed by atoms with Crippen molar-refractivity contribution in [1.82, 2.24) is 16.0 Å². The van der Waals surface area contributed by atoms with Crippen molar-refractivity contribution in [2.45, 2.75) is 76.7 Å². The lowest BCUT2D eigenvalue weighted by Crippen LogP contribution is -2.60. The zero-order valence-corrected chi connectivity index (χ0v) is 20.6. The molecule has 0 aliphatic rings. The Morgan fingerprint density at radius 2 is 1.49 bits per heavy atom. The van der Waals surface area contributed by atoms with Crippen LogP contribution in [0.4, 0.5) is 0 Å². The number of hydrogen-bond donors (Lipinski definition) is 7. The number of unbranched alkanes of at least 4 members (excludes halogenated alkanes) is 1. The molecule has 35 heavy (non-hydrogen) atoms. The van der Waals surface area contributed by atoms with Gasteiger partial charge < -0.3 is 37.6 Å². The van der Waals surface area contributed by atoms with Crippen LogP contribution in [0.5, 0.6) is 0 Å². The van der Waals surface area contributed by atoms with E-state index in [1.807, 2.05) is 0 Å². The molecule has 3 amide bonds. The number of carbonyl (C=O) groups excluding carboxylic acids is 3. The summed E-state index contributed by atoms with van der Waals surface area (Å²) in [5, 5.41) is 27.2. The molecular formula is C24H39N5O6. The van der Waals surface area contributed by atoms with Crippen LogP contribution < -0.4 is 27.4 Å². The largest absolute Gasteiger partial charge is 0.480 e. The third kappa shape index (κ3) is 10.4. The van der Waals surface area contributed by atoms with Crippen LogP contribution >= 0.6 is 0 Å². The van der Waals surface area contributed by atoms with Crippen LogP contribution in [-0.2, 0) is 25.6 Å². The molecule has 5 unspecified atom stereocenters. The maximum absolute atomic E-state index is 13.0. The predicted molar refractivity (Wildman–Crippen MR) is 131 cm³/mol. The second-order valence-electron chi connectivity index (χ2n) is 8.93. The average Bonchev–Trinajstić information content (AvgIpc) is 2.80. The van der Waals surface area contributed by atoms with E-state index in [0.717, 1.165) is 0 Å². The molecule has 11 nitrogen and oxygen atoms in total. The van der Waals surface area contributed by atoms with Gasteiger partial charge in [-0.05, 0) is 44.2 Å². The summed E-state index contributed by atoms with van der Waals surface area (Å²) >= 11 is 0. The molecule has 11 heteroatoms. The fourth-order valence-electron chi connectivity index (χ4n) is 3.30. The van der Waals surface area contributed by atoms with Gasteiger partial charge in [0.15, 0.2) is 0 Å². The van der Waals surface area contributed by atoms with Crippen LogP contribution in [0.1, 0.15) is 45.6 Å². The van der Waals surface area contributed by atoms with E-state index in [0.29, 0.717) is 24.9 Å². The van der Waals surface area contributed by atoms with Gasteiger partial charge in [-0.3, -0.25) is 14.4 Å². The number of amides is 3. The highest BCUT2D eigenvalue weighted by molar-refractivity contribution is 5.94. The molecule has 0 saturated heterocycles. The van der Waals surface area contributed by atoms with Crippen molar-refractivity contribution in [1.29, 1.82) is 0 Å². The lowest BCUT2D eigenvalue weighted by molar-refractivity contribution is -0.143. The highest BCUT2D eigenvalue weighted by atomic mass is 16.4. The van der Waals surface area contributed by atoms with Gasteiger partial charge in [-0.2, -0.15) is 0 Å². The molecule has 1 aromatic rings. The number of rotatable bonds is 15. The van der Waals surface area contributed by atoms with E-state index < -0.39 is 54.0 Å². The summed E-state index contributed by atoms with van der Waals surface area (Å²) in [5.41, 5.74) is 12.1. The number of carbonyl (C=O) groups is 4. The number of aliphatic hydroxyl groups excluding tert-OH is 1. The number of carboxylic acids is 1. The van der Waals surface area contributed by atoms with Crippen LogP contribution in [0.3, 0.4) is 0 Å². The van der Waals surface area contributed by atoms with E-state index in [-0.39, 0.29) is 18.8 Å². The minimum Gasteiger partial charge on any atom is -0.480 e. The molecule has 0 saturated carbocycles. The summed E-state index contributed by atoms with van der Waals surface area (Å²) < 4.78 is 0. The Morgan fingerprint density at radius 3 is 2.00 bits per heavy atom. The molecule has 0 aromatic heterocycles. The molecule has 0 heterocycles. The predicted octanol–water partition coefficient (Wildman–Crippen LogP) is -0.739. The van der Waals surface area contributed by atoms with Crippen LogP contribution in [0, 0.1) is 5.92 Å². The minimum atomic E-state index is -1.44. The van der Waals surface area contributed by atoms with Gasteiger partial charge in [-0.25, -0.2) is 4.79 Å². The molecule has 0 aliphatic heterocycles. The molecule has 0 spiro atoms. The Balaban J connectivity index is 2.95. The summed E-state index contributed by atoms with van der Waals surface area (Å²) in [6.07, 6.45) is 0.0986. The summed E-state index contributed by atoms with van der Waals surface area (Å²) in [4.78, 5) is 50.0. The van der Waals surface area contributed by atoms with Gasteiger partial charge in [0.05, 0.1) is 12.1 Å². The standard InChI is InChI=1S/C24H39N5O6/c1-14(2)19(26)22(32)27-17(11-7-8-12-25)21(31)29-20(15(3)30)23(33)28-18(24(34)35)13-16-9-5-4-6-10-16/h4-6,9-10,14-15,17-20,30H,7-8,11-13,25-26H2,1-3H3,(H,27,32)(H,28,33)(H,29,31)(H,34,35).